The lowest BCUT2D eigenvalue weighted by atomic mass is 9.99. The van der Waals surface area contributed by atoms with E-state index < -0.39 is 151 Å². The van der Waals surface area contributed by atoms with Gasteiger partial charge in [-0.25, -0.2) is 23.4 Å². The van der Waals surface area contributed by atoms with Gasteiger partial charge in [-0.05, 0) is 118 Å². The lowest BCUT2D eigenvalue weighted by molar-refractivity contribution is -0.134. The van der Waals surface area contributed by atoms with Crippen molar-refractivity contribution >= 4 is 103 Å². The van der Waals surface area contributed by atoms with Gasteiger partial charge < -0.3 is 74.4 Å². The Morgan fingerprint density at radius 3 is 2.02 bits per heavy atom. The van der Waals surface area contributed by atoms with Crippen LogP contribution in [0.2, 0.25) is 0 Å². The molecule has 94 heavy (non-hydrogen) atoms. The normalized spacial score (nSPS) is 18.5. The molecule has 7 atom stereocenters. The number of nitrogens with zero attached hydrogens (tertiary/aromatic N) is 6. The molecule has 1 aliphatic heterocycles. The molecule has 0 aliphatic carbocycles. The Labute approximate surface area is 540 Å². The smallest absolute Gasteiger partial charge is 0.265 e. The Kier molecular flexibility index (Phi) is 24.1. The highest BCUT2D eigenvalue weighted by Crippen LogP contribution is 2.33. The zero-order chi connectivity index (χ0) is 68.7. The Bertz CT molecular complexity index is 3940. The van der Waals surface area contributed by atoms with E-state index in [1.165, 1.54) is 37.1 Å². The summed E-state index contributed by atoms with van der Waals surface area (Å²) < 4.78 is 27.4. The SMILES string of the molecule is Cc1ccc(N(C(=O)c2ccc(-c3ccc(C[C@H]4NC(=O)C(CCN)NC(=O)[C@@H](NC(=O)CNC(=O)[C@@H](N)[C@@H](C)O)CCNC(=O)[C@@H]([C@@H](C)O)NC(=O)CNC(=O)CNC(=O)CNC4=O)cc3)cc2)c2nccc(N(C)c3ccc4c(C)n(C)nc4c3)n2)cc1S(N)(=O)=O. The van der Waals surface area contributed by atoms with Gasteiger partial charge in [0, 0.05) is 55.6 Å². The molecule has 1 unspecified atom stereocenters. The van der Waals surface area contributed by atoms with Gasteiger partial charge in [0.1, 0.15) is 36.0 Å². The third-order valence-electron chi connectivity index (χ3n) is 15.2. The van der Waals surface area contributed by atoms with E-state index in [2.05, 4.69) is 57.9 Å². The van der Waals surface area contributed by atoms with Gasteiger partial charge >= 0.3 is 0 Å². The second kappa shape index (κ2) is 31.8. The molecular weight excluding hydrogens is 1240 g/mol. The van der Waals surface area contributed by atoms with E-state index in [1.54, 1.807) is 84.2 Å². The highest BCUT2D eigenvalue weighted by molar-refractivity contribution is 7.89. The molecule has 7 rings (SSSR count). The van der Waals surface area contributed by atoms with E-state index in [9.17, 15) is 66.6 Å². The third kappa shape index (κ3) is 18.7. The fourth-order valence-electron chi connectivity index (χ4n) is 9.72. The Morgan fingerprint density at radius 2 is 1.38 bits per heavy atom. The quantitative estimate of drug-likeness (QED) is 0.0431. The Balaban J connectivity index is 1.13. The number of carbonyl (C=O) groups is 10. The fourth-order valence-corrected chi connectivity index (χ4v) is 10.5. The predicted octanol–water partition coefficient (Wildman–Crippen LogP) is -3.05. The number of hydrogen-bond donors (Lipinski definition) is 14. The summed E-state index contributed by atoms with van der Waals surface area (Å²) in [5.74, 6) is -8.58. The zero-order valence-corrected chi connectivity index (χ0v) is 53.1. The predicted molar refractivity (Wildman–Crippen MR) is 343 cm³/mol. The Morgan fingerprint density at radius 1 is 0.755 bits per heavy atom. The summed E-state index contributed by atoms with van der Waals surface area (Å²) in [6.45, 7) is 2.58. The molecular formula is C61H76N18O14S. The second-order valence-corrected chi connectivity index (χ2v) is 23.8. The largest absolute Gasteiger partial charge is 0.391 e. The van der Waals surface area contributed by atoms with Gasteiger partial charge in [0.25, 0.3) is 5.91 Å². The first kappa shape index (κ1) is 71.1. The van der Waals surface area contributed by atoms with Crippen LogP contribution >= 0.6 is 0 Å². The zero-order valence-electron chi connectivity index (χ0n) is 52.3. The molecule has 2 aromatic heterocycles. The highest BCUT2D eigenvalue weighted by atomic mass is 32.2. The minimum Gasteiger partial charge on any atom is -0.391 e. The monoisotopic (exact) mass is 1320 g/mol. The summed E-state index contributed by atoms with van der Waals surface area (Å²) in [7, 11) is -0.626. The van der Waals surface area contributed by atoms with Crippen molar-refractivity contribution in [1.29, 1.82) is 0 Å². The number of aryl methyl sites for hydroxylation is 3. The minimum atomic E-state index is -4.26. The summed E-state index contributed by atoms with van der Waals surface area (Å²) in [6, 6.07) is 17.4. The summed E-state index contributed by atoms with van der Waals surface area (Å²) in [5.41, 5.74) is 16.3. The van der Waals surface area contributed by atoms with Crippen molar-refractivity contribution in [1.82, 2.24) is 67.6 Å². The lowest BCUT2D eigenvalue weighted by Gasteiger charge is -2.26. The van der Waals surface area contributed by atoms with Crippen LogP contribution in [0.1, 0.15) is 53.9 Å². The van der Waals surface area contributed by atoms with Gasteiger partial charge in [-0.2, -0.15) is 10.1 Å². The number of aromatic nitrogens is 4. The standard InChI is InChI=1S/C61H76N18O14S/c1-32-7-16-41(27-47(32)94(64,92)93)79(61-66-24-21-48(74-61)77(5)40-17-18-42-33(2)78(6)76-45(42)26-40)60(91)39-14-12-38(13-15-39)37-10-8-36(9-11-37)25-46-55(86)69-29-50(83)67-28-49(82)68-30-52(85)75-54(35(4)81)59(90)65-23-20-44(57(88)72-43(19-22-62)56(87)73-46)71-51(84)31-70-58(89)53(63)34(3)80/h7-18,21,24,26-27,34-35,43-44,46,53-54,80-81H,19-20,22-23,25,28-31,62-63H2,1-6H3,(H,65,90)(H,67,83)(H,68,82)(H,69,86)(H,70,89)(H,71,84)(H,72,88)(H,73,87)(H,75,85)(H2,64,92,93)/t34-,35-,43?,44+,46-,53+,54-/m1/s1. The molecule has 1 aliphatic rings. The van der Waals surface area contributed by atoms with E-state index in [0.717, 1.165) is 22.3 Å². The van der Waals surface area contributed by atoms with E-state index in [1.807, 2.05) is 32.2 Å². The molecule has 6 aromatic rings. The number of nitrogens with one attached hydrogen (secondary N) is 9. The van der Waals surface area contributed by atoms with Crippen LogP contribution in [0.4, 0.5) is 23.1 Å². The van der Waals surface area contributed by atoms with Crippen LogP contribution in [-0.4, -0.2) is 186 Å². The lowest BCUT2D eigenvalue weighted by Crippen LogP contribution is -2.59. The van der Waals surface area contributed by atoms with Crippen LogP contribution < -0.4 is 74.3 Å². The molecule has 0 bridgehead atoms. The number of nitrogens with two attached hydrogens (primary N) is 3. The number of aliphatic hydroxyl groups excluding tert-OH is 2. The number of sulfonamides is 1. The van der Waals surface area contributed by atoms with Gasteiger partial charge in [-0.3, -0.25) is 52.6 Å². The van der Waals surface area contributed by atoms with Crippen molar-refractivity contribution in [3.63, 3.8) is 0 Å². The number of hydrogen-bond acceptors (Lipinski definition) is 20. The van der Waals surface area contributed by atoms with Crippen LogP contribution in [0.3, 0.4) is 0 Å². The number of rotatable bonds is 17. The van der Waals surface area contributed by atoms with Crippen LogP contribution in [0.5, 0.6) is 0 Å². The van der Waals surface area contributed by atoms with E-state index in [-0.39, 0.29) is 41.5 Å². The van der Waals surface area contributed by atoms with Gasteiger partial charge in [-0.1, -0.05) is 42.5 Å². The van der Waals surface area contributed by atoms with Crippen molar-refractivity contribution < 1.29 is 66.6 Å². The molecule has 1 saturated heterocycles. The molecule has 500 valence electrons. The highest BCUT2D eigenvalue weighted by Gasteiger charge is 2.33. The average molecular weight is 1320 g/mol. The van der Waals surface area contributed by atoms with Crippen molar-refractivity contribution in [2.75, 3.05) is 56.1 Å². The maximum Gasteiger partial charge on any atom is 0.265 e. The van der Waals surface area contributed by atoms with Gasteiger partial charge in [0.05, 0.1) is 54.5 Å². The van der Waals surface area contributed by atoms with Crippen molar-refractivity contribution in [2.24, 2.45) is 23.7 Å². The number of fused-ring (bicyclic) bond motifs is 1. The van der Waals surface area contributed by atoms with E-state index in [0.29, 0.717) is 28.1 Å². The first-order chi connectivity index (χ1) is 44.5. The summed E-state index contributed by atoms with van der Waals surface area (Å²) in [4.78, 5) is 147. The van der Waals surface area contributed by atoms with Crippen molar-refractivity contribution in [3.05, 3.63) is 120 Å². The molecule has 32 nitrogen and oxygen atoms in total. The number of anilines is 4. The fraction of sp³-hybridized carbons (Fsp3) is 0.361. The van der Waals surface area contributed by atoms with Crippen LogP contribution in [-0.2, 0) is 66.6 Å². The number of carbonyl (C=O) groups excluding carboxylic acids is 10. The summed E-state index contributed by atoms with van der Waals surface area (Å²) >= 11 is 0. The van der Waals surface area contributed by atoms with Crippen LogP contribution in [0.25, 0.3) is 22.0 Å². The van der Waals surface area contributed by atoms with Gasteiger partial charge in [-0.15, -0.1) is 0 Å². The van der Waals surface area contributed by atoms with E-state index in [4.69, 9.17) is 21.6 Å². The number of amides is 10. The second-order valence-electron chi connectivity index (χ2n) is 22.2. The number of primary sulfonamides is 1. The molecule has 0 spiro atoms. The minimum absolute atomic E-state index is 0.0921. The van der Waals surface area contributed by atoms with Crippen molar-refractivity contribution in [3.8, 4) is 11.1 Å². The van der Waals surface area contributed by atoms with Crippen LogP contribution in [0, 0.1) is 13.8 Å². The molecule has 33 heteroatoms. The number of benzene rings is 4. The van der Waals surface area contributed by atoms with Gasteiger partial charge in [0.2, 0.25) is 69.1 Å². The maximum absolute atomic E-state index is 14.8. The topological polar surface area (TPSA) is 482 Å². The van der Waals surface area contributed by atoms with Crippen molar-refractivity contribution in [2.45, 2.75) is 94.3 Å². The average Bonchev–Trinajstić information content (AvgIpc) is 1.63. The molecule has 3 heterocycles. The molecule has 17 N–H and O–H groups in total. The summed E-state index contributed by atoms with van der Waals surface area (Å²) in [5, 5.41) is 52.8. The first-order valence-corrected chi connectivity index (χ1v) is 31.1. The molecule has 0 saturated carbocycles. The maximum atomic E-state index is 14.8. The summed E-state index contributed by atoms with van der Waals surface area (Å²) in [6.07, 6.45) is -2.15. The number of aliphatic hydroxyl groups is 2. The molecule has 0 radical (unpaired) electrons. The molecule has 10 amide bonds. The third-order valence-corrected chi connectivity index (χ3v) is 16.3. The molecule has 1 fully saturated rings. The van der Waals surface area contributed by atoms with E-state index >= 15 is 0 Å². The Hall–Kier alpha value is -10.3. The molecule has 4 aromatic carbocycles. The first-order valence-electron chi connectivity index (χ1n) is 29.6. The van der Waals surface area contributed by atoms with Crippen LogP contribution in [0.15, 0.2) is 102 Å². The van der Waals surface area contributed by atoms with Gasteiger partial charge in [0.15, 0.2) is 0 Å².